The summed E-state index contributed by atoms with van der Waals surface area (Å²) in [4.78, 5) is 6.91. The molecular weight excluding hydrogens is 210 g/mol. The number of anilines is 1. The van der Waals surface area contributed by atoms with Crippen LogP contribution in [0.3, 0.4) is 0 Å². The fourth-order valence-corrected chi connectivity index (χ4v) is 2.54. The van der Waals surface area contributed by atoms with Gasteiger partial charge >= 0.3 is 0 Å². The second-order valence-electron chi connectivity index (χ2n) is 5.28. The van der Waals surface area contributed by atoms with Crippen LogP contribution in [0.15, 0.2) is 18.3 Å². The number of aromatic nitrogens is 1. The van der Waals surface area contributed by atoms with Crippen LogP contribution in [0.5, 0.6) is 0 Å². The van der Waals surface area contributed by atoms with Crippen molar-refractivity contribution in [2.24, 2.45) is 11.7 Å². The zero-order chi connectivity index (χ0) is 12.4. The fraction of sp³-hybridized carbons (Fsp3) is 0.643. The molecule has 2 N–H and O–H groups in total. The zero-order valence-electron chi connectivity index (χ0n) is 11.1. The molecule has 94 valence electrons. The molecule has 0 radical (unpaired) electrons. The van der Waals surface area contributed by atoms with Gasteiger partial charge in [0.2, 0.25) is 0 Å². The van der Waals surface area contributed by atoms with E-state index in [9.17, 15) is 0 Å². The third-order valence-corrected chi connectivity index (χ3v) is 3.94. The molecule has 0 aliphatic carbocycles. The van der Waals surface area contributed by atoms with Gasteiger partial charge in [-0.25, -0.2) is 0 Å². The number of rotatable bonds is 2. The first-order chi connectivity index (χ1) is 8.09. The maximum Gasteiger partial charge on any atom is 0.0569 e. The Morgan fingerprint density at radius 3 is 2.76 bits per heavy atom. The van der Waals surface area contributed by atoms with Crippen LogP contribution < -0.4 is 10.6 Å². The minimum absolute atomic E-state index is 0.0155. The van der Waals surface area contributed by atoms with E-state index in [-0.39, 0.29) is 6.04 Å². The Hall–Kier alpha value is -1.09. The van der Waals surface area contributed by atoms with Gasteiger partial charge in [0.1, 0.15) is 0 Å². The van der Waals surface area contributed by atoms with E-state index in [4.69, 9.17) is 5.73 Å². The van der Waals surface area contributed by atoms with Gasteiger partial charge < -0.3 is 10.6 Å². The number of hydrogen-bond donors (Lipinski definition) is 1. The summed E-state index contributed by atoms with van der Waals surface area (Å²) in [6.45, 7) is 7.75. The Bertz CT molecular complexity index is 358. The van der Waals surface area contributed by atoms with Crippen LogP contribution >= 0.6 is 0 Å². The minimum Gasteiger partial charge on any atom is -0.367 e. The van der Waals surface area contributed by atoms with Gasteiger partial charge in [-0.15, -0.1) is 0 Å². The van der Waals surface area contributed by atoms with Crippen LogP contribution in [0, 0.1) is 5.92 Å². The standard InChI is InChI=1S/C14H23N3/c1-10-5-4-8-17(12(10)3)13-6-7-14(11(2)15)16-9-13/h6-7,9-12H,4-5,8,15H2,1-3H3/t10?,11-,12?/m0/s1. The van der Waals surface area contributed by atoms with E-state index < -0.39 is 0 Å². The van der Waals surface area contributed by atoms with E-state index in [1.807, 2.05) is 19.2 Å². The maximum absolute atomic E-state index is 5.82. The van der Waals surface area contributed by atoms with Crippen LogP contribution in [-0.2, 0) is 0 Å². The van der Waals surface area contributed by atoms with Crippen molar-refractivity contribution in [2.75, 3.05) is 11.4 Å². The molecule has 0 spiro atoms. The van der Waals surface area contributed by atoms with Crippen LogP contribution in [0.2, 0.25) is 0 Å². The molecule has 1 aliphatic rings. The molecule has 0 amide bonds. The van der Waals surface area contributed by atoms with E-state index in [1.54, 1.807) is 0 Å². The molecule has 3 nitrogen and oxygen atoms in total. The van der Waals surface area contributed by atoms with Crippen molar-refractivity contribution in [1.29, 1.82) is 0 Å². The summed E-state index contributed by atoms with van der Waals surface area (Å²) in [5.41, 5.74) is 8.01. The number of hydrogen-bond acceptors (Lipinski definition) is 3. The van der Waals surface area contributed by atoms with E-state index in [2.05, 4.69) is 29.8 Å². The van der Waals surface area contributed by atoms with Crippen molar-refractivity contribution in [3.8, 4) is 0 Å². The number of nitrogens with two attached hydrogens (primary N) is 1. The van der Waals surface area contributed by atoms with Crippen molar-refractivity contribution in [3.05, 3.63) is 24.0 Å². The van der Waals surface area contributed by atoms with Gasteiger partial charge in [0.25, 0.3) is 0 Å². The highest BCUT2D eigenvalue weighted by Gasteiger charge is 2.24. The molecule has 17 heavy (non-hydrogen) atoms. The monoisotopic (exact) mass is 233 g/mol. The lowest BCUT2D eigenvalue weighted by atomic mass is 9.92. The molecule has 3 heteroatoms. The molecule has 2 unspecified atom stereocenters. The first kappa shape index (κ1) is 12.4. The molecule has 3 atom stereocenters. The predicted molar refractivity (Wildman–Crippen MR) is 72.0 cm³/mol. The SMILES string of the molecule is CC1CCCN(c2ccc([C@H](C)N)nc2)C1C. The third kappa shape index (κ3) is 2.60. The highest BCUT2D eigenvalue weighted by molar-refractivity contribution is 5.46. The summed E-state index contributed by atoms with van der Waals surface area (Å²) in [5.74, 6) is 0.761. The molecule has 2 rings (SSSR count). The Morgan fingerprint density at radius 1 is 1.41 bits per heavy atom. The van der Waals surface area contributed by atoms with Gasteiger partial charge in [0.15, 0.2) is 0 Å². The summed E-state index contributed by atoms with van der Waals surface area (Å²) in [7, 11) is 0. The molecule has 1 aromatic heterocycles. The molecule has 1 aromatic rings. The Labute approximate surface area is 104 Å². The largest absolute Gasteiger partial charge is 0.367 e. The molecule has 1 aliphatic heterocycles. The average molecular weight is 233 g/mol. The second kappa shape index (κ2) is 5.05. The molecular formula is C14H23N3. The van der Waals surface area contributed by atoms with Crippen molar-refractivity contribution in [1.82, 2.24) is 4.98 Å². The third-order valence-electron chi connectivity index (χ3n) is 3.94. The zero-order valence-corrected chi connectivity index (χ0v) is 11.1. The smallest absolute Gasteiger partial charge is 0.0569 e. The molecule has 1 saturated heterocycles. The van der Waals surface area contributed by atoms with Crippen molar-refractivity contribution in [2.45, 2.75) is 45.7 Å². The topological polar surface area (TPSA) is 42.1 Å². The van der Waals surface area contributed by atoms with Gasteiger partial charge in [-0.3, -0.25) is 4.98 Å². The summed E-state index contributed by atoms with van der Waals surface area (Å²) in [6, 6.07) is 4.82. The van der Waals surface area contributed by atoms with E-state index >= 15 is 0 Å². The lowest BCUT2D eigenvalue weighted by Gasteiger charge is -2.39. The Kier molecular flexibility index (Phi) is 3.67. The molecule has 0 bridgehead atoms. The normalized spacial score (nSPS) is 26.9. The van der Waals surface area contributed by atoms with Crippen molar-refractivity contribution < 1.29 is 0 Å². The molecule has 2 heterocycles. The quantitative estimate of drug-likeness (QED) is 0.854. The average Bonchev–Trinajstić information content (AvgIpc) is 2.33. The lowest BCUT2D eigenvalue weighted by molar-refractivity contribution is 0.363. The van der Waals surface area contributed by atoms with E-state index in [0.717, 1.165) is 18.2 Å². The van der Waals surface area contributed by atoms with Gasteiger partial charge in [-0.2, -0.15) is 0 Å². The first-order valence-electron chi connectivity index (χ1n) is 6.57. The van der Waals surface area contributed by atoms with E-state index in [1.165, 1.54) is 18.5 Å². The molecule has 0 aromatic carbocycles. The van der Waals surface area contributed by atoms with Crippen molar-refractivity contribution >= 4 is 5.69 Å². The number of nitrogens with zero attached hydrogens (tertiary/aromatic N) is 2. The summed E-state index contributed by atoms with van der Waals surface area (Å²) in [6.07, 6.45) is 4.58. The molecule has 1 fully saturated rings. The number of pyridine rings is 1. The highest BCUT2D eigenvalue weighted by Crippen LogP contribution is 2.28. The number of piperidine rings is 1. The van der Waals surface area contributed by atoms with Crippen LogP contribution in [-0.4, -0.2) is 17.6 Å². The highest BCUT2D eigenvalue weighted by atomic mass is 15.2. The second-order valence-corrected chi connectivity index (χ2v) is 5.28. The van der Waals surface area contributed by atoms with Crippen LogP contribution in [0.1, 0.15) is 45.3 Å². The molecule has 0 saturated carbocycles. The van der Waals surface area contributed by atoms with Crippen LogP contribution in [0.4, 0.5) is 5.69 Å². The van der Waals surface area contributed by atoms with E-state index in [0.29, 0.717) is 6.04 Å². The van der Waals surface area contributed by atoms with Gasteiger partial charge in [0.05, 0.1) is 17.6 Å². The maximum atomic E-state index is 5.82. The summed E-state index contributed by atoms with van der Waals surface area (Å²) < 4.78 is 0. The Morgan fingerprint density at radius 2 is 2.18 bits per heavy atom. The first-order valence-corrected chi connectivity index (χ1v) is 6.57. The predicted octanol–water partition coefficient (Wildman–Crippen LogP) is 2.73. The van der Waals surface area contributed by atoms with Gasteiger partial charge in [0, 0.05) is 18.6 Å². The van der Waals surface area contributed by atoms with Gasteiger partial charge in [-0.05, 0) is 44.7 Å². The minimum atomic E-state index is 0.0155. The van der Waals surface area contributed by atoms with Crippen LogP contribution in [0.25, 0.3) is 0 Å². The Balaban J connectivity index is 2.16. The summed E-state index contributed by atoms with van der Waals surface area (Å²) >= 11 is 0. The fourth-order valence-electron chi connectivity index (χ4n) is 2.54. The summed E-state index contributed by atoms with van der Waals surface area (Å²) in [5, 5.41) is 0. The van der Waals surface area contributed by atoms with Crippen molar-refractivity contribution in [3.63, 3.8) is 0 Å². The lowest BCUT2D eigenvalue weighted by Crippen LogP contribution is -2.42. The van der Waals surface area contributed by atoms with Gasteiger partial charge in [-0.1, -0.05) is 6.92 Å².